The maximum Gasteiger partial charge on any atom is 0.218 e. The van der Waals surface area contributed by atoms with Gasteiger partial charge in [-0.25, -0.2) is 4.98 Å². The van der Waals surface area contributed by atoms with E-state index in [0.717, 1.165) is 0 Å². The van der Waals surface area contributed by atoms with E-state index in [1.54, 1.807) is 0 Å². The number of rotatable bonds is 1. The number of aryl methyl sites for hydroxylation is 1. The molecular formula is C28H26N+. The molecule has 1 heterocycles. The molecule has 5 rings (SSSR count). The highest BCUT2D eigenvalue weighted by atomic mass is 14.7. The Morgan fingerprint density at radius 1 is 0.655 bits per heavy atom. The molecule has 0 unspecified atom stereocenters. The molecule has 0 bridgehead atoms. The van der Waals surface area contributed by atoms with Gasteiger partial charge in [0.2, 0.25) is 5.69 Å². The van der Waals surface area contributed by atoms with Crippen molar-refractivity contribution in [1.29, 1.82) is 0 Å². The van der Waals surface area contributed by atoms with Gasteiger partial charge in [-0.1, -0.05) is 75.4 Å². The third-order valence-electron chi connectivity index (χ3n) is 6.08. The Hall–Kier alpha value is -3.19. The van der Waals surface area contributed by atoms with Crippen molar-refractivity contribution in [3.63, 3.8) is 0 Å². The predicted octanol–water partition coefficient (Wildman–Crippen LogP) is 7.23. The summed E-state index contributed by atoms with van der Waals surface area (Å²) >= 11 is 0. The first-order chi connectivity index (χ1) is 13.9. The number of nitrogens with one attached hydrogen (secondary N) is 1. The van der Waals surface area contributed by atoms with E-state index in [1.807, 2.05) is 0 Å². The van der Waals surface area contributed by atoms with Crippen molar-refractivity contribution in [1.82, 2.24) is 0 Å². The molecule has 0 fully saturated rings. The largest absolute Gasteiger partial charge is 0.218 e. The van der Waals surface area contributed by atoms with Gasteiger partial charge in [0.25, 0.3) is 0 Å². The summed E-state index contributed by atoms with van der Waals surface area (Å²) in [7, 11) is 0. The molecule has 0 saturated heterocycles. The SMILES string of the molecule is Cc1cc(C(C)(C)C)ccc1-c1[nH+]ccc2c1ccc1c3ccccc3ccc21. The second kappa shape index (κ2) is 6.42. The quantitative estimate of drug-likeness (QED) is 0.274. The van der Waals surface area contributed by atoms with Crippen LogP contribution in [0.4, 0.5) is 0 Å². The van der Waals surface area contributed by atoms with Crippen LogP contribution in [0.3, 0.4) is 0 Å². The molecule has 0 aliphatic carbocycles. The summed E-state index contributed by atoms with van der Waals surface area (Å²) in [5.74, 6) is 0. The van der Waals surface area contributed by atoms with Gasteiger partial charge in [0.1, 0.15) is 0 Å². The number of hydrogen-bond donors (Lipinski definition) is 0. The third kappa shape index (κ3) is 2.89. The highest BCUT2D eigenvalue weighted by molar-refractivity contribution is 6.18. The van der Waals surface area contributed by atoms with Crippen molar-refractivity contribution in [2.45, 2.75) is 33.1 Å². The average molecular weight is 377 g/mol. The smallest absolute Gasteiger partial charge is 0.211 e. The van der Waals surface area contributed by atoms with Crippen LogP contribution in [0.25, 0.3) is 43.6 Å². The van der Waals surface area contributed by atoms with Crippen molar-refractivity contribution >= 4 is 32.3 Å². The zero-order valence-corrected chi connectivity index (χ0v) is 17.5. The molecule has 1 aromatic heterocycles. The zero-order valence-electron chi connectivity index (χ0n) is 17.5. The Morgan fingerprint density at radius 3 is 2.14 bits per heavy atom. The number of fused-ring (bicyclic) bond motifs is 5. The van der Waals surface area contributed by atoms with Crippen LogP contribution in [-0.2, 0) is 5.41 Å². The van der Waals surface area contributed by atoms with Crippen LogP contribution < -0.4 is 4.98 Å². The number of aromatic amines is 1. The molecule has 29 heavy (non-hydrogen) atoms. The van der Waals surface area contributed by atoms with Crippen LogP contribution >= 0.6 is 0 Å². The molecule has 1 N–H and O–H groups in total. The van der Waals surface area contributed by atoms with Gasteiger partial charge < -0.3 is 0 Å². The Morgan fingerprint density at radius 2 is 1.34 bits per heavy atom. The standard InChI is InChI=1S/C28H25N/c1-18-17-20(28(2,3)4)10-12-21(18)27-26-14-13-23-22-8-6-5-7-19(22)9-11-24(23)25(26)15-16-29-27/h5-17H,1-4H3/p+1. The maximum atomic E-state index is 3.53. The molecule has 142 valence electrons. The van der Waals surface area contributed by atoms with Gasteiger partial charge in [-0.2, -0.15) is 0 Å². The first-order valence-electron chi connectivity index (χ1n) is 10.3. The van der Waals surface area contributed by atoms with Crippen molar-refractivity contribution in [2.75, 3.05) is 0 Å². The average Bonchev–Trinajstić information content (AvgIpc) is 2.72. The van der Waals surface area contributed by atoms with E-state index in [-0.39, 0.29) is 5.41 Å². The summed E-state index contributed by atoms with van der Waals surface area (Å²) in [6.45, 7) is 9.01. The van der Waals surface area contributed by atoms with Crippen LogP contribution in [0.5, 0.6) is 0 Å². The predicted molar refractivity (Wildman–Crippen MR) is 124 cm³/mol. The van der Waals surface area contributed by atoms with Gasteiger partial charge in [-0.3, -0.25) is 0 Å². The van der Waals surface area contributed by atoms with Gasteiger partial charge in [0.15, 0.2) is 6.20 Å². The van der Waals surface area contributed by atoms with E-state index in [4.69, 9.17) is 0 Å². The minimum atomic E-state index is 0.156. The molecule has 0 aliphatic rings. The summed E-state index contributed by atoms with van der Waals surface area (Å²) in [5.41, 5.74) is 5.29. The van der Waals surface area contributed by atoms with Crippen molar-refractivity contribution in [3.05, 3.63) is 90.1 Å². The Balaban J connectivity index is 1.78. The fourth-order valence-corrected chi connectivity index (χ4v) is 4.43. The van der Waals surface area contributed by atoms with Crippen molar-refractivity contribution < 1.29 is 4.98 Å². The lowest BCUT2D eigenvalue weighted by Gasteiger charge is -2.20. The Bertz CT molecular complexity index is 1390. The van der Waals surface area contributed by atoms with Crippen LogP contribution in [0.1, 0.15) is 31.9 Å². The monoisotopic (exact) mass is 376 g/mol. The van der Waals surface area contributed by atoms with Gasteiger partial charge in [0.05, 0.1) is 5.39 Å². The van der Waals surface area contributed by atoms with E-state index >= 15 is 0 Å². The van der Waals surface area contributed by atoms with Gasteiger partial charge in [-0.15, -0.1) is 0 Å². The van der Waals surface area contributed by atoms with Crippen LogP contribution in [-0.4, -0.2) is 0 Å². The number of H-pyrrole nitrogens is 1. The van der Waals surface area contributed by atoms with Gasteiger partial charge >= 0.3 is 0 Å². The van der Waals surface area contributed by atoms with Crippen LogP contribution in [0, 0.1) is 6.92 Å². The normalized spacial score (nSPS) is 12.1. The number of pyridine rings is 1. The topological polar surface area (TPSA) is 14.1 Å². The molecule has 0 radical (unpaired) electrons. The molecular weight excluding hydrogens is 350 g/mol. The van der Waals surface area contributed by atoms with Crippen LogP contribution in [0.2, 0.25) is 0 Å². The molecule has 0 atom stereocenters. The second-order valence-corrected chi connectivity index (χ2v) is 9.04. The van der Waals surface area contributed by atoms with E-state index in [0.29, 0.717) is 0 Å². The number of benzene rings is 4. The van der Waals surface area contributed by atoms with Crippen LogP contribution in [0.15, 0.2) is 79.0 Å². The lowest BCUT2D eigenvalue weighted by Crippen LogP contribution is -2.12. The lowest BCUT2D eigenvalue weighted by atomic mass is 9.84. The second-order valence-electron chi connectivity index (χ2n) is 9.04. The van der Waals surface area contributed by atoms with Crippen molar-refractivity contribution in [2.24, 2.45) is 0 Å². The summed E-state index contributed by atoms with van der Waals surface area (Å²) in [6.07, 6.45) is 2.07. The molecule has 0 amide bonds. The molecule has 0 spiro atoms. The summed E-state index contributed by atoms with van der Waals surface area (Å²) in [6, 6.07) is 26.7. The van der Waals surface area contributed by atoms with Crippen molar-refractivity contribution in [3.8, 4) is 11.3 Å². The third-order valence-corrected chi connectivity index (χ3v) is 6.08. The van der Waals surface area contributed by atoms with Gasteiger partial charge in [0, 0.05) is 17.0 Å². The lowest BCUT2D eigenvalue weighted by molar-refractivity contribution is -0.362. The highest BCUT2D eigenvalue weighted by Gasteiger charge is 2.19. The Kier molecular flexibility index (Phi) is 3.96. The van der Waals surface area contributed by atoms with Gasteiger partial charge in [-0.05, 0) is 57.1 Å². The number of hydrogen-bond acceptors (Lipinski definition) is 0. The first-order valence-corrected chi connectivity index (χ1v) is 10.3. The van der Waals surface area contributed by atoms with E-state index in [2.05, 4.69) is 112 Å². The minimum absolute atomic E-state index is 0.156. The molecule has 0 saturated carbocycles. The maximum absolute atomic E-state index is 3.53. The summed E-state index contributed by atoms with van der Waals surface area (Å²) in [5, 5.41) is 7.78. The molecule has 0 aliphatic heterocycles. The summed E-state index contributed by atoms with van der Waals surface area (Å²) < 4.78 is 0. The molecule has 1 nitrogen and oxygen atoms in total. The first kappa shape index (κ1) is 17.9. The zero-order chi connectivity index (χ0) is 20.2. The minimum Gasteiger partial charge on any atom is -0.211 e. The fourth-order valence-electron chi connectivity index (χ4n) is 4.43. The fraction of sp³-hybridized carbons (Fsp3) is 0.179. The molecule has 5 aromatic rings. The molecule has 1 heteroatoms. The Labute approximate surface area is 172 Å². The van der Waals surface area contributed by atoms with E-state index in [1.165, 1.54) is 54.7 Å². The number of aromatic nitrogens is 1. The highest BCUT2D eigenvalue weighted by Crippen LogP contribution is 2.35. The summed E-state index contributed by atoms with van der Waals surface area (Å²) in [4.78, 5) is 3.53. The van der Waals surface area contributed by atoms with E-state index in [9.17, 15) is 0 Å². The van der Waals surface area contributed by atoms with E-state index < -0.39 is 0 Å². The molecule has 4 aromatic carbocycles.